The molecule has 6 rings (SSSR count). The zero-order valence-electron chi connectivity index (χ0n) is 23.9. The topological polar surface area (TPSA) is 89.4 Å². The lowest BCUT2D eigenvalue weighted by atomic mass is 9.85. The molecule has 41 heavy (non-hydrogen) atoms. The summed E-state index contributed by atoms with van der Waals surface area (Å²) in [5.41, 5.74) is 7.18. The van der Waals surface area contributed by atoms with Gasteiger partial charge in [-0.25, -0.2) is 0 Å². The molecule has 0 spiro atoms. The van der Waals surface area contributed by atoms with Gasteiger partial charge < -0.3 is 8.98 Å². The van der Waals surface area contributed by atoms with Crippen molar-refractivity contribution >= 4 is 60.0 Å². The molecule has 0 atom stereocenters. The van der Waals surface area contributed by atoms with Crippen LogP contribution in [0.1, 0.15) is 57.5 Å². The van der Waals surface area contributed by atoms with E-state index < -0.39 is 0 Å². The summed E-state index contributed by atoms with van der Waals surface area (Å²) in [6.07, 6.45) is 0. The molecule has 0 saturated heterocycles. The van der Waals surface area contributed by atoms with Gasteiger partial charge in [0, 0.05) is 34.0 Å². The summed E-state index contributed by atoms with van der Waals surface area (Å²) in [5, 5.41) is 31.5. The number of nitrogens with zero attached hydrogens (tertiary/aromatic N) is 4. The van der Waals surface area contributed by atoms with Crippen LogP contribution in [0.4, 0.5) is 0 Å². The van der Waals surface area contributed by atoms with Crippen LogP contribution in [0.3, 0.4) is 0 Å². The van der Waals surface area contributed by atoms with Gasteiger partial charge in [-0.1, -0.05) is 53.7 Å². The van der Waals surface area contributed by atoms with Crippen LogP contribution in [0.15, 0.2) is 70.7 Å². The summed E-state index contributed by atoms with van der Waals surface area (Å²) >= 11 is 1.36. The van der Waals surface area contributed by atoms with Gasteiger partial charge in [0.15, 0.2) is 0 Å². The van der Waals surface area contributed by atoms with Gasteiger partial charge in [-0.3, -0.25) is 0 Å². The maximum Gasteiger partial charge on any atom is 0.148 e. The van der Waals surface area contributed by atoms with Gasteiger partial charge >= 0.3 is 0 Å². The normalized spacial score (nSPS) is 12.1. The molecule has 0 aliphatic heterocycles. The third-order valence-electron chi connectivity index (χ3n) is 7.71. The Morgan fingerprint density at radius 3 is 1.78 bits per heavy atom. The number of fused-ring (bicyclic) bond motifs is 6. The maximum atomic E-state index is 9.59. The van der Waals surface area contributed by atoms with E-state index in [-0.39, 0.29) is 22.0 Å². The first kappa shape index (κ1) is 26.4. The number of allylic oxidation sites excluding steroid dienone is 2. The smallest absolute Gasteiger partial charge is 0.148 e. The highest BCUT2D eigenvalue weighted by atomic mass is 32.1. The predicted octanol–water partition coefficient (Wildman–Crippen LogP) is 9.66. The molecule has 3 aromatic carbocycles. The molecule has 0 aliphatic rings. The van der Waals surface area contributed by atoms with Gasteiger partial charge in [-0.2, -0.15) is 15.8 Å². The molecular weight excluding hydrogens is 524 g/mol. The van der Waals surface area contributed by atoms with Crippen molar-refractivity contribution in [3.05, 3.63) is 82.2 Å². The Morgan fingerprint density at radius 1 is 0.683 bits per heavy atom. The summed E-state index contributed by atoms with van der Waals surface area (Å²) < 4.78 is 9.45. The summed E-state index contributed by atoms with van der Waals surface area (Å²) in [5.74, 6) is 0. The van der Waals surface area contributed by atoms with Crippen molar-refractivity contribution in [1.82, 2.24) is 4.57 Å². The lowest BCUT2D eigenvalue weighted by molar-refractivity contribution is 0.590. The van der Waals surface area contributed by atoms with Crippen LogP contribution < -0.4 is 0 Å². The first-order chi connectivity index (χ1) is 19.4. The Hall–Kier alpha value is -4.83. The summed E-state index contributed by atoms with van der Waals surface area (Å²) in [4.78, 5) is 0.553. The standard InChI is InChI=1S/C35H28N4OS/c1-34(2,3)21-7-11-28-25(13-21)26-14-22(35(4,5)6)8-12-29(26)39(28)23-9-10-24-30(15-23)40-31-16-32(41-33(24)31)27(19-38)20(17-36)18-37/h7-16H,1-6H3. The van der Waals surface area contributed by atoms with Crippen LogP contribution in [0.25, 0.3) is 54.3 Å². The molecule has 6 aromatic rings. The van der Waals surface area contributed by atoms with E-state index in [1.165, 1.54) is 33.2 Å². The van der Waals surface area contributed by atoms with Crippen LogP contribution in [-0.2, 0) is 10.8 Å². The first-order valence-electron chi connectivity index (χ1n) is 13.4. The van der Waals surface area contributed by atoms with Crippen LogP contribution in [0, 0.1) is 34.0 Å². The van der Waals surface area contributed by atoms with E-state index >= 15 is 0 Å². The van der Waals surface area contributed by atoms with Crippen molar-refractivity contribution in [2.75, 3.05) is 0 Å². The number of hydrogen-bond acceptors (Lipinski definition) is 5. The van der Waals surface area contributed by atoms with Crippen LogP contribution in [0.2, 0.25) is 0 Å². The molecule has 0 fully saturated rings. The lowest BCUT2D eigenvalue weighted by Gasteiger charge is -2.19. The molecular formula is C35H28N4OS. The van der Waals surface area contributed by atoms with Gasteiger partial charge in [-0.05, 0) is 58.4 Å². The van der Waals surface area contributed by atoms with E-state index in [1.54, 1.807) is 6.07 Å². The Morgan fingerprint density at radius 2 is 1.27 bits per heavy atom. The van der Waals surface area contributed by atoms with Crippen molar-refractivity contribution in [3.63, 3.8) is 0 Å². The average Bonchev–Trinajstić information content (AvgIpc) is 3.58. The zero-order valence-corrected chi connectivity index (χ0v) is 24.7. The molecule has 5 nitrogen and oxygen atoms in total. The van der Waals surface area contributed by atoms with Gasteiger partial charge in [0.05, 0.1) is 26.2 Å². The number of aromatic nitrogens is 1. The molecule has 0 N–H and O–H groups in total. The van der Waals surface area contributed by atoms with E-state index in [0.29, 0.717) is 10.5 Å². The van der Waals surface area contributed by atoms with Gasteiger partial charge in [0.2, 0.25) is 0 Å². The number of hydrogen-bond donors (Lipinski definition) is 0. The van der Waals surface area contributed by atoms with E-state index in [2.05, 4.69) is 94.6 Å². The van der Waals surface area contributed by atoms with Crippen molar-refractivity contribution in [1.29, 1.82) is 15.8 Å². The fourth-order valence-corrected chi connectivity index (χ4v) is 6.52. The molecule has 0 unspecified atom stereocenters. The average molecular weight is 553 g/mol. The molecule has 200 valence electrons. The lowest BCUT2D eigenvalue weighted by Crippen LogP contribution is -2.10. The van der Waals surface area contributed by atoms with Crippen molar-refractivity contribution in [2.24, 2.45) is 0 Å². The van der Waals surface area contributed by atoms with Gasteiger partial charge in [0.25, 0.3) is 0 Å². The Kier molecular flexibility index (Phi) is 5.86. The van der Waals surface area contributed by atoms with Gasteiger partial charge in [0.1, 0.15) is 34.9 Å². The minimum absolute atomic E-state index is 0.0315. The largest absolute Gasteiger partial charge is 0.455 e. The second-order valence-corrected chi connectivity index (χ2v) is 13.5. The molecule has 0 aliphatic carbocycles. The minimum atomic E-state index is -0.196. The third kappa shape index (κ3) is 4.18. The Bertz CT molecular complexity index is 2120. The second kappa shape index (κ2) is 9.10. The monoisotopic (exact) mass is 552 g/mol. The first-order valence-corrected chi connectivity index (χ1v) is 14.3. The van der Waals surface area contributed by atoms with E-state index in [4.69, 9.17) is 4.42 Å². The Labute approximate surface area is 242 Å². The third-order valence-corrected chi connectivity index (χ3v) is 8.88. The number of rotatable bonds is 2. The van der Waals surface area contributed by atoms with Crippen molar-refractivity contribution in [2.45, 2.75) is 52.4 Å². The fourth-order valence-electron chi connectivity index (χ4n) is 5.41. The highest BCUT2D eigenvalue weighted by Gasteiger charge is 2.22. The molecule has 0 radical (unpaired) electrons. The molecule has 0 bridgehead atoms. The summed E-state index contributed by atoms with van der Waals surface area (Å²) in [6.45, 7) is 13.5. The van der Waals surface area contributed by atoms with E-state index in [9.17, 15) is 15.8 Å². The molecule has 3 aromatic heterocycles. The molecule has 0 amide bonds. The second-order valence-electron chi connectivity index (χ2n) is 12.5. The predicted molar refractivity (Wildman–Crippen MR) is 167 cm³/mol. The highest BCUT2D eigenvalue weighted by Crippen LogP contribution is 2.41. The number of furan rings is 1. The molecule has 3 heterocycles. The van der Waals surface area contributed by atoms with Crippen molar-refractivity contribution in [3.8, 4) is 23.9 Å². The van der Waals surface area contributed by atoms with E-state index in [0.717, 1.165) is 32.4 Å². The van der Waals surface area contributed by atoms with Crippen molar-refractivity contribution < 1.29 is 4.42 Å². The van der Waals surface area contributed by atoms with E-state index in [1.807, 2.05) is 24.3 Å². The number of thiophene rings is 1. The van der Waals surface area contributed by atoms with Gasteiger partial charge in [-0.15, -0.1) is 11.3 Å². The number of nitriles is 3. The number of benzene rings is 3. The quantitative estimate of drug-likeness (QED) is 0.200. The van der Waals surface area contributed by atoms with Crippen LogP contribution >= 0.6 is 11.3 Å². The SMILES string of the molecule is CC(C)(C)c1ccc2c(c1)c1cc(C(C)(C)C)ccc1n2-c1ccc2c(c1)oc1cc(C(C#N)=C(C#N)C#N)sc12. The van der Waals surface area contributed by atoms with Crippen LogP contribution in [-0.4, -0.2) is 4.57 Å². The molecule has 0 saturated carbocycles. The maximum absolute atomic E-state index is 9.59. The summed E-state index contributed by atoms with van der Waals surface area (Å²) in [6, 6.07) is 27.2. The Balaban J connectivity index is 1.58. The summed E-state index contributed by atoms with van der Waals surface area (Å²) in [7, 11) is 0. The highest BCUT2D eigenvalue weighted by molar-refractivity contribution is 7.21. The zero-order chi connectivity index (χ0) is 29.3. The molecule has 6 heteroatoms. The minimum Gasteiger partial charge on any atom is -0.455 e. The van der Waals surface area contributed by atoms with Crippen LogP contribution in [0.5, 0.6) is 0 Å². The fraction of sp³-hybridized carbons (Fsp3) is 0.229.